The van der Waals surface area contributed by atoms with Gasteiger partial charge in [-0.25, -0.2) is 9.97 Å². The van der Waals surface area contributed by atoms with Crippen LogP contribution in [0.3, 0.4) is 0 Å². The number of aromatic amines is 1. The number of carbonyl (C=O) groups excluding carboxylic acids is 1. The van der Waals surface area contributed by atoms with Crippen LogP contribution >= 0.6 is 23.1 Å². The Morgan fingerprint density at radius 2 is 2.14 bits per heavy atom. The summed E-state index contributed by atoms with van der Waals surface area (Å²) >= 11 is 3.03. The highest BCUT2D eigenvalue weighted by Crippen LogP contribution is 2.33. The molecule has 1 N–H and O–H groups in total. The second kappa shape index (κ2) is 8.12. The monoisotopic (exact) mass is 426 g/mol. The molecule has 0 saturated carbocycles. The van der Waals surface area contributed by atoms with E-state index in [0.29, 0.717) is 29.4 Å². The molecule has 0 aliphatic carbocycles. The Morgan fingerprint density at radius 1 is 1.31 bits per heavy atom. The summed E-state index contributed by atoms with van der Waals surface area (Å²) in [5.41, 5.74) is 5.33. The second-order valence-electron chi connectivity index (χ2n) is 7.03. The van der Waals surface area contributed by atoms with E-state index in [4.69, 9.17) is 0 Å². The minimum absolute atomic E-state index is 0.0359. The van der Waals surface area contributed by atoms with Crippen LogP contribution in [0.4, 0.5) is 5.69 Å². The number of H-pyrrole nitrogens is 1. The quantitative estimate of drug-likeness (QED) is 0.496. The Bertz CT molecular complexity index is 1140. The molecule has 0 atom stereocenters. The first kappa shape index (κ1) is 19.8. The van der Waals surface area contributed by atoms with E-state index >= 15 is 0 Å². The Kier molecular flexibility index (Phi) is 5.56. The summed E-state index contributed by atoms with van der Waals surface area (Å²) in [6, 6.07) is 6.17. The maximum absolute atomic E-state index is 12.9. The van der Waals surface area contributed by atoms with Crippen LogP contribution in [0.25, 0.3) is 11.3 Å². The van der Waals surface area contributed by atoms with Crippen molar-refractivity contribution in [3.05, 3.63) is 55.8 Å². The largest absolute Gasteiger partial charge is 0.312 e. The minimum Gasteiger partial charge on any atom is -0.312 e. The molecule has 3 aromatic rings. The molecule has 1 aliphatic heterocycles. The lowest BCUT2D eigenvalue weighted by Gasteiger charge is -2.17. The summed E-state index contributed by atoms with van der Waals surface area (Å²) in [5, 5.41) is 3.70. The molecule has 3 heterocycles. The number of anilines is 1. The summed E-state index contributed by atoms with van der Waals surface area (Å²) in [5.74, 6) is 0.0359. The predicted octanol–water partition coefficient (Wildman–Crippen LogP) is 3.75. The number of amides is 1. The molecule has 0 fully saturated rings. The normalized spacial score (nSPS) is 13.0. The van der Waals surface area contributed by atoms with Crippen LogP contribution in [-0.2, 0) is 17.6 Å². The fraction of sp³-hybridized carbons (Fsp3) is 0.333. The highest BCUT2D eigenvalue weighted by molar-refractivity contribution is 7.98. The van der Waals surface area contributed by atoms with E-state index in [1.54, 1.807) is 11.3 Å². The molecule has 0 radical (unpaired) electrons. The van der Waals surface area contributed by atoms with Crippen LogP contribution in [0.15, 0.2) is 33.5 Å². The van der Waals surface area contributed by atoms with Crippen LogP contribution in [0, 0.1) is 13.8 Å². The topological polar surface area (TPSA) is 79.0 Å². The molecule has 0 unspecified atom stereocenters. The number of thiazole rings is 1. The van der Waals surface area contributed by atoms with E-state index in [0.717, 1.165) is 28.4 Å². The van der Waals surface area contributed by atoms with Gasteiger partial charge in [-0.15, -0.1) is 11.3 Å². The van der Waals surface area contributed by atoms with Crippen molar-refractivity contribution in [3.8, 4) is 11.3 Å². The number of fused-ring (bicyclic) bond motifs is 1. The van der Waals surface area contributed by atoms with Gasteiger partial charge < -0.3 is 9.88 Å². The van der Waals surface area contributed by atoms with Gasteiger partial charge in [0.25, 0.3) is 5.56 Å². The SMILES string of the molecule is CSc1nc(C)c(CCC(=O)N2CCc3cc(-c4csc(C)n4)ccc32)c(=O)[nH]1. The Morgan fingerprint density at radius 3 is 2.83 bits per heavy atom. The van der Waals surface area contributed by atoms with Crippen LogP contribution in [-0.4, -0.2) is 33.7 Å². The van der Waals surface area contributed by atoms with Crippen molar-refractivity contribution < 1.29 is 4.79 Å². The number of nitrogens with zero attached hydrogens (tertiary/aromatic N) is 3. The fourth-order valence-corrected chi connectivity index (χ4v) is 4.70. The number of aromatic nitrogens is 3. The van der Waals surface area contributed by atoms with E-state index in [1.807, 2.05) is 37.1 Å². The lowest BCUT2D eigenvalue weighted by atomic mass is 10.1. The number of thioether (sulfide) groups is 1. The third kappa shape index (κ3) is 4.00. The summed E-state index contributed by atoms with van der Waals surface area (Å²) in [7, 11) is 0. The number of hydrogen-bond acceptors (Lipinski definition) is 6. The number of rotatable bonds is 5. The van der Waals surface area contributed by atoms with Crippen molar-refractivity contribution in [1.82, 2.24) is 15.0 Å². The van der Waals surface area contributed by atoms with Crippen molar-refractivity contribution >= 4 is 34.7 Å². The number of benzene rings is 1. The number of carbonyl (C=O) groups is 1. The third-order valence-corrected chi connectivity index (χ3v) is 6.53. The second-order valence-corrected chi connectivity index (χ2v) is 8.89. The number of aryl methyl sites for hydroxylation is 2. The lowest BCUT2D eigenvalue weighted by molar-refractivity contribution is -0.118. The van der Waals surface area contributed by atoms with Gasteiger partial charge in [0.05, 0.1) is 10.7 Å². The number of nitrogens with one attached hydrogen (secondary N) is 1. The first-order valence-electron chi connectivity index (χ1n) is 9.46. The number of hydrogen-bond donors (Lipinski definition) is 1. The molecule has 1 aromatic carbocycles. The fourth-order valence-electron chi connectivity index (χ4n) is 3.66. The summed E-state index contributed by atoms with van der Waals surface area (Å²) in [6.07, 6.45) is 3.38. The van der Waals surface area contributed by atoms with Gasteiger partial charge in [-0.2, -0.15) is 0 Å². The van der Waals surface area contributed by atoms with Crippen LogP contribution in [0.1, 0.15) is 28.2 Å². The summed E-state index contributed by atoms with van der Waals surface area (Å²) in [4.78, 5) is 38.7. The van der Waals surface area contributed by atoms with E-state index in [-0.39, 0.29) is 17.9 Å². The molecule has 0 saturated heterocycles. The van der Waals surface area contributed by atoms with Gasteiger partial charge in [0.1, 0.15) is 0 Å². The minimum atomic E-state index is -0.153. The predicted molar refractivity (Wildman–Crippen MR) is 118 cm³/mol. The zero-order valence-corrected chi connectivity index (χ0v) is 18.2. The Balaban J connectivity index is 1.49. The van der Waals surface area contributed by atoms with Gasteiger partial charge in [0.2, 0.25) is 5.91 Å². The third-order valence-electron chi connectivity index (χ3n) is 5.17. The van der Waals surface area contributed by atoms with Gasteiger partial charge in [-0.1, -0.05) is 17.8 Å². The maximum atomic E-state index is 12.9. The van der Waals surface area contributed by atoms with E-state index in [2.05, 4.69) is 26.4 Å². The van der Waals surface area contributed by atoms with Crippen LogP contribution < -0.4 is 10.5 Å². The highest BCUT2D eigenvalue weighted by atomic mass is 32.2. The van der Waals surface area contributed by atoms with Crippen molar-refractivity contribution in [3.63, 3.8) is 0 Å². The zero-order valence-electron chi connectivity index (χ0n) is 16.6. The molecular weight excluding hydrogens is 404 g/mol. The van der Waals surface area contributed by atoms with Gasteiger partial charge in [-0.05, 0) is 50.6 Å². The molecule has 150 valence electrons. The molecule has 1 amide bonds. The van der Waals surface area contributed by atoms with Gasteiger partial charge in [0, 0.05) is 40.9 Å². The summed E-state index contributed by atoms with van der Waals surface area (Å²) < 4.78 is 0. The Labute approximate surface area is 177 Å². The van der Waals surface area contributed by atoms with Crippen LogP contribution in [0.5, 0.6) is 0 Å². The maximum Gasteiger partial charge on any atom is 0.254 e. The van der Waals surface area contributed by atoms with Crippen molar-refractivity contribution in [2.75, 3.05) is 17.7 Å². The van der Waals surface area contributed by atoms with Gasteiger partial charge in [-0.3, -0.25) is 9.59 Å². The molecule has 0 spiro atoms. The Hall–Kier alpha value is -2.45. The van der Waals surface area contributed by atoms with Gasteiger partial charge in [0.15, 0.2) is 5.16 Å². The summed E-state index contributed by atoms with van der Waals surface area (Å²) in [6.45, 7) is 4.49. The van der Waals surface area contributed by atoms with Crippen molar-refractivity contribution in [2.45, 2.75) is 38.3 Å². The first-order valence-corrected chi connectivity index (χ1v) is 11.6. The average molecular weight is 427 g/mol. The molecular formula is C21H22N4O2S2. The van der Waals surface area contributed by atoms with E-state index in [1.165, 1.54) is 17.3 Å². The van der Waals surface area contributed by atoms with Gasteiger partial charge >= 0.3 is 0 Å². The zero-order chi connectivity index (χ0) is 20.5. The molecule has 0 bridgehead atoms. The molecule has 6 nitrogen and oxygen atoms in total. The molecule has 1 aliphatic rings. The smallest absolute Gasteiger partial charge is 0.254 e. The molecule has 29 heavy (non-hydrogen) atoms. The highest BCUT2D eigenvalue weighted by Gasteiger charge is 2.25. The van der Waals surface area contributed by atoms with E-state index < -0.39 is 0 Å². The molecule has 4 rings (SSSR count). The molecule has 8 heteroatoms. The van der Waals surface area contributed by atoms with Crippen LogP contribution in [0.2, 0.25) is 0 Å². The standard InChI is InChI=1S/C21H22N4O2S2/c1-12-16(20(27)24-21(22-12)28-3)5-7-19(26)25-9-8-15-10-14(4-6-18(15)25)17-11-29-13(2)23-17/h4,6,10-11H,5,7-9H2,1-3H3,(H,22,24,27). The average Bonchev–Trinajstić information content (AvgIpc) is 3.32. The van der Waals surface area contributed by atoms with Crippen molar-refractivity contribution in [2.24, 2.45) is 0 Å². The van der Waals surface area contributed by atoms with E-state index in [9.17, 15) is 9.59 Å². The lowest BCUT2D eigenvalue weighted by Crippen LogP contribution is -2.30. The molecule has 2 aromatic heterocycles. The first-order chi connectivity index (χ1) is 14.0. The van der Waals surface area contributed by atoms with Crippen molar-refractivity contribution in [1.29, 1.82) is 0 Å².